The molecule has 0 saturated carbocycles. The Kier molecular flexibility index (Phi) is 5.05. The van der Waals surface area contributed by atoms with Gasteiger partial charge in [-0.05, 0) is 35.9 Å². The number of carbonyl (C=O) groups excluding carboxylic acids is 1. The Morgan fingerprint density at radius 2 is 1.62 bits per heavy atom. The van der Waals surface area contributed by atoms with Crippen molar-refractivity contribution in [1.82, 2.24) is 9.80 Å². The Morgan fingerprint density at radius 1 is 0.958 bits per heavy atom. The maximum absolute atomic E-state index is 13.2. The van der Waals surface area contributed by atoms with Gasteiger partial charge in [-0.2, -0.15) is 0 Å². The molecule has 1 fully saturated rings. The highest BCUT2D eigenvalue weighted by atomic mass is 19.1. The Labute approximate surface area is 139 Å². The van der Waals surface area contributed by atoms with Crippen molar-refractivity contribution in [1.29, 1.82) is 0 Å². The van der Waals surface area contributed by atoms with Gasteiger partial charge in [0, 0.05) is 38.4 Å². The van der Waals surface area contributed by atoms with Gasteiger partial charge in [0.05, 0.1) is 0 Å². The van der Waals surface area contributed by atoms with Crippen LogP contribution in [0, 0.1) is 11.6 Å². The van der Waals surface area contributed by atoms with Crippen molar-refractivity contribution in [3.63, 3.8) is 0 Å². The highest BCUT2D eigenvalue weighted by molar-refractivity contribution is 5.89. The van der Waals surface area contributed by atoms with Gasteiger partial charge in [0.1, 0.15) is 11.6 Å². The molecule has 0 atom stereocenters. The van der Waals surface area contributed by atoms with Gasteiger partial charge in [-0.25, -0.2) is 13.6 Å². The molecule has 2 aromatic carbocycles. The third-order valence-electron chi connectivity index (χ3n) is 4.03. The minimum atomic E-state index is -0.382. The van der Waals surface area contributed by atoms with Crippen molar-refractivity contribution in [3.05, 3.63) is 65.7 Å². The van der Waals surface area contributed by atoms with Crippen LogP contribution in [0.4, 0.5) is 19.3 Å². The molecule has 0 bridgehead atoms. The summed E-state index contributed by atoms with van der Waals surface area (Å²) < 4.78 is 26.4. The van der Waals surface area contributed by atoms with Crippen LogP contribution in [0.2, 0.25) is 0 Å². The number of carbonyl (C=O) groups is 1. The number of nitrogens with zero attached hydrogens (tertiary/aromatic N) is 2. The van der Waals surface area contributed by atoms with Crippen LogP contribution < -0.4 is 5.32 Å². The minimum absolute atomic E-state index is 0.231. The first-order valence-electron chi connectivity index (χ1n) is 7.88. The van der Waals surface area contributed by atoms with Crippen LogP contribution in [0.15, 0.2) is 48.5 Å². The molecule has 2 aromatic rings. The molecule has 0 spiro atoms. The van der Waals surface area contributed by atoms with Crippen LogP contribution in [0.5, 0.6) is 0 Å². The van der Waals surface area contributed by atoms with E-state index in [9.17, 15) is 13.6 Å². The van der Waals surface area contributed by atoms with E-state index in [0.717, 1.165) is 5.56 Å². The highest BCUT2D eigenvalue weighted by Gasteiger charge is 2.21. The number of urea groups is 1. The fourth-order valence-corrected chi connectivity index (χ4v) is 2.77. The average molecular weight is 331 g/mol. The Bertz CT molecular complexity index is 715. The maximum atomic E-state index is 13.2. The molecule has 1 heterocycles. The standard InChI is InChI=1S/C18H19F2N3O/c19-15-4-1-3-14(11-15)13-22-7-9-23(10-8-22)18(24)21-17-6-2-5-16(20)12-17/h1-6,11-12H,7-10,13H2,(H,21,24). The summed E-state index contributed by atoms with van der Waals surface area (Å²) in [5.41, 5.74) is 1.37. The van der Waals surface area contributed by atoms with Crippen LogP contribution in [-0.4, -0.2) is 42.0 Å². The van der Waals surface area contributed by atoms with E-state index in [0.29, 0.717) is 38.4 Å². The smallest absolute Gasteiger partial charge is 0.321 e. The van der Waals surface area contributed by atoms with E-state index in [1.165, 1.54) is 24.3 Å². The summed E-state index contributed by atoms with van der Waals surface area (Å²) in [4.78, 5) is 16.1. The van der Waals surface area contributed by atoms with Crippen molar-refractivity contribution in [3.8, 4) is 0 Å². The van der Waals surface area contributed by atoms with Crippen molar-refractivity contribution >= 4 is 11.7 Å². The van der Waals surface area contributed by atoms with Gasteiger partial charge >= 0.3 is 6.03 Å². The van der Waals surface area contributed by atoms with Crippen molar-refractivity contribution in [2.75, 3.05) is 31.5 Å². The second kappa shape index (κ2) is 7.40. The van der Waals surface area contributed by atoms with Gasteiger partial charge in [0.15, 0.2) is 0 Å². The molecule has 0 aromatic heterocycles. The Hall–Kier alpha value is -2.47. The zero-order valence-electron chi connectivity index (χ0n) is 13.2. The van der Waals surface area contributed by atoms with Gasteiger partial charge < -0.3 is 10.2 Å². The number of halogens is 2. The largest absolute Gasteiger partial charge is 0.322 e. The number of amides is 2. The van der Waals surface area contributed by atoms with Gasteiger partial charge in [-0.15, -0.1) is 0 Å². The summed E-state index contributed by atoms with van der Waals surface area (Å²) in [7, 11) is 0. The Morgan fingerprint density at radius 3 is 2.29 bits per heavy atom. The summed E-state index contributed by atoms with van der Waals surface area (Å²) in [5.74, 6) is -0.617. The van der Waals surface area contributed by atoms with E-state index >= 15 is 0 Å². The number of hydrogen-bond donors (Lipinski definition) is 1. The van der Waals surface area contributed by atoms with E-state index in [4.69, 9.17) is 0 Å². The number of piperazine rings is 1. The van der Waals surface area contributed by atoms with E-state index in [2.05, 4.69) is 10.2 Å². The first-order valence-corrected chi connectivity index (χ1v) is 7.88. The first kappa shape index (κ1) is 16.4. The van der Waals surface area contributed by atoms with Crippen LogP contribution in [0.3, 0.4) is 0 Å². The fraction of sp³-hybridized carbons (Fsp3) is 0.278. The van der Waals surface area contributed by atoms with E-state index in [1.54, 1.807) is 23.1 Å². The average Bonchev–Trinajstić information content (AvgIpc) is 2.55. The molecular weight excluding hydrogens is 312 g/mol. The first-order chi connectivity index (χ1) is 11.6. The van der Waals surface area contributed by atoms with Gasteiger partial charge in [0.25, 0.3) is 0 Å². The summed E-state index contributed by atoms with van der Waals surface area (Å²) in [5, 5.41) is 2.70. The molecule has 1 saturated heterocycles. The summed E-state index contributed by atoms with van der Waals surface area (Å²) >= 11 is 0. The Balaban J connectivity index is 1.50. The number of anilines is 1. The van der Waals surface area contributed by atoms with Crippen molar-refractivity contribution in [2.45, 2.75) is 6.54 Å². The normalized spacial score (nSPS) is 15.3. The van der Waals surface area contributed by atoms with Crippen LogP contribution in [0.1, 0.15) is 5.56 Å². The minimum Gasteiger partial charge on any atom is -0.322 e. The summed E-state index contributed by atoms with van der Waals surface area (Å²) in [6.45, 7) is 3.25. The van der Waals surface area contributed by atoms with Crippen molar-refractivity contribution < 1.29 is 13.6 Å². The third kappa shape index (κ3) is 4.29. The summed E-state index contributed by atoms with van der Waals surface area (Å²) in [6, 6.07) is 12.2. The molecule has 4 nitrogen and oxygen atoms in total. The lowest BCUT2D eigenvalue weighted by Crippen LogP contribution is -2.49. The molecule has 1 aliphatic rings. The fourth-order valence-electron chi connectivity index (χ4n) is 2.77. The molecule has 0 aliphatic carbocycles. The molecule has 3 rings (SSSR count). The molecule has 6 heteroatoms. The molecular formula is C18H19F2N3O. The van der Waals surface area contributed by atoms with Crippen LogP contribution in [-0.2, 0) is 6.54 Å². The SMILES string of the molecule is O=C(Nc1cccc(F)c1)N1CCN(Cc2cccc(F)c2)CC1. The number of hydrogen-bond acceptors (Lipinski definition) is 2. The second-order valence-corrected chi connectivity index (χ2v) is 5.83. The topological polar surface area (TPSA) is 35.6 Å². The quantitative estimate of drug-likeness (QED) is 0.936. The molecule has 0 radical (unpaired) electrons. The maximum Gasteiger partial charge on any atom is 0.321 e. The van der Waals surface area contributed by atoms with Gasteiger partial charge in [0.2, 0.25) is 0 Å². The second-order valence-electron chi connectivity index (χ2n) is 5.83. The van der Waals surface area contributed by atoms with E-state index < -0.39 is 0 Å². The molecule has 1 aliphatic heterocycles. The zero-order chi connectivity index (χ0) is 16.9. The molecule has 0 unspecified atom stereocenters. The number of rotatable bonds is 3. The third-order valence-corrected chi connectivity index (χ3v) is 4.03. The van der Waals surface area contributed by atoms with Crippen LogP contribution in [0.25, 0.3) is 0 Å². The molecule has 24 heavy (non-hydrogen) atoms. The molecule has 126 valence electrons. The van der Waals surface area contributed by atoms with Crippen molar-refractivity contribution in [2.24, 2.45) is 0 Å². The monoisotopic (exact) mass is 331 g/mol. The van der Waals surface area contributed by atoms with Gasteiger partial charge in [-0.3, -0.25) is 4.90 Å². The molecule has 1 N–H and O–H groups in total. The molecule has 2 amide bonds. The lowest BCUT2D eigenvalue weighted by atomic mass is 10.2. The zero-order valence-corrected chi connectivity index (χ0v) is 13.2. The lowest BCUT2D eigenvalue weighted by Gasteiger charge is -2.34. The summed E-state index contributed by atoms with van der Waals surface area (Å²) in [6.07, 6.45) is 0. The highest BCUT2D eigenvalue weighted by Crippen LogP contribution is 2.13. The van der Waals surface area contributed by atoms with Gasteiger partial charge in [-0.1, -0.05) is 18.2 Å². The van der Waals surface area contributed by atoms with E-state index in [1.807, 2.05) is 6.07 Å². The number of benzene rings is 2. The predicted molar refractivity (Wildman–Crippen MR) is 88.7 cm³/mol. The number of nitrogens with one attached hydrogen (secondary N) is 1. The lowest BCUT2D eigenvalue weighted by molar-refractivity contribution is 0.143. The van der Waals surface area contributed by atoms with Crippen LogP contribution >= 0.6 is 0 Å². The van der Waals surface area contributed by atoms with E-state index in [-0.39, 0.29) is 17.7 Å². The predicted octanol–water partition coefficient (Wildman–Crippen LogP) is 3.31.